The Morgan fingerprint density at radius 1 is 1.24 bits per heavy atom. The monoisotopic (exact) mass is 290 g/mol. The SMILES string of the molecule is C#CCCCCNC(=O)N(CC(=O)O)c1ccc(O)cc1. The summed E-state index contributed by atoms with van der Waals surface area (Å²) in [5, 5.41) is 20.8. The van der Waals surface area contributed by atoms with Crippen molar-refractivity contribution in [3.05, 3.63) is 24.3 Å². The van der Waals surface area contributed by atoms with Crippen molar-refractivity contribution in [2.75, 3.05) is 18.0 Å². The van der Waals surface area contributed by atoms with Crippen molar-refractivity contribution >= 4 is 17.7 Å². The molecule has 0 atom stereocenters. The molecule has 0 aliphatic heterocycles. The van der Waals surface area contributed by atoms with Gasteiger partial charge in [0.2, 0.25) is 0 Å². The maximum atomic E-state index is 12.0. The van der Waals surface area contributed by atoms with Gasteiger partial charge >= 0.3 is 12.0 Å². The van der Waals surface area contributed by atoms with Crippen LogP contribution >= 0.6 is 0 Å². The van der Waals surface area contributed by atoms with Gasteiger partial charge in [0.15, 0.2) is 0 Å². The fourth-order valence-corrected chi connectivity index (χ4v) is 1.69. The molecule has 112 valence electrons. The van der Waals surface area contributed by atoms with Crippen LogP contribution in [0.25, 0.3) is 0 Å². The molecule has 6 nitrogen and oxygen atoms in total. The number of aliphatic carboxylic acids is 1. The van der Waals surface area contributed by atoms with Crippen LogP contribution in [-0.2, 0) is 4.79 Å². The van der Waals surface area contributed by atoms with E-state index >= 15 is 0 Å². The van der Waals surface area contributed by atoms with Crippen molar-refractivity contribution in [3.8, 4) is 18.1 Å². The molecule has 0 saturated heterocycles. The first-order chi connectivity index (χ1) is 10.0. The van der Waals surface area contributed by atoms with Gasteiger partial charge in [-0.1, -0.05) is 0 Å². The van der Waals surface area contributed by atoms with E-state index in [1.165, 1.54) is 24.3 Å². The lowest BCUT2D eigenvalue weighted by molar-refractivity contribution is -0.135. The van der Waals surface area contributed by atoms with Gasteiger partial charge in [-0.3, -0.25) is 9.69 Å². The highest BCUT2D eigenvalue weighted by Crippen LogP contribution is 2.18. The van der Waals surface area contributed by atoms with Gasteiger partial charge < -0.3 is 15.5 Å². The van der Waals surface area contributed by atoms with Crippen molar-refractivity contribution < 1.29 is 19.8 Å². The molecule has 0 bridgehead atoms. The molecule has 0 aliphatic rings. The van der Waals surface area contributed by atoms with Crippen LogP contribution in [0.15, 0.2) is 24.3 Å². The number of terminal acetylenes is 1. The van der Waals surface area contributed by atoms with Crippen LogP contribution in [0.5, 0.6) is 5.75 Å². The fourth-order valence-electron chi connectivity index (χ4n) is 1.69. The van der Waals surface area contributed by atoms with Crippen LogP contribution < -0.4 is 10.2 Å². The number of benzene rings is 1. The van der Waals surface area contributed by atoms with Crippen LogP contribution in [0, 0.1) is 12.3 Å². The third-order valence-corrected chi connectivity index (χ3v) is 2.72. The first kappa shape index (κ1) is 16.4. The average Bonchev–Trinajstić information content (AvgIpc) is 2.45. The number of nitrogens with zero attached hydrogens (tertiary/aromatic N) is 1. The molecule has 0 radical (unpaired) electrons. The van der Waals surface area contributed by atoms with E-state index in [1.54, 1.807) is 0 Å². The Bertz CT molecular complexity index is 519. The van der Waals surface area contributed by atoms with Gasteiger partial charge in [0.25, 0.3) is 0 Å². The number of carboxylic acids is 1. The number of hydrogen-bond acceptors (Lipinski definition) is 3. The molecule has 2 amide bonds. The minimum absolute atomic E-state index is 0.0451. The number of rotatable bonds is 7. The van der Waals surface area contributed by atoms with Gasteiger partial charge in [-0.05, 0) is 37.1 Å². The number of carboxylic acid groups (broad SMARTS) is 1. The van der Waals surface area contributed by atoms with Crippen molar-refractivity contribution in [2.24, 2.45) is 0 Å². The first-order valence-corrected chi connectivity index (χ1v) is 6.54. The van der Waals surface area contributed by atoms with Gasteiger partial charge in [0, 0.05) is 18.7 Å². The van der Waals surface area contributed by atoms with Crippen molar-refractivity contribution in [2.45, 2.75) is 19.3 Å². The molecule has 0 aromatic heterocycles. The second-order valence-electron chi connectivity index (χ2n) is 4.39. The Kier molecular flexibility index (Phi) is 6.61. The molecule has 0 unspecified atom stereocenters. The molecule has 0 saturated carbocycles. The van der Waals surface area contributed by atoms with E-state index in [0.29, 0.717) is 18.7 Å². The second kappa shape index (κ2) is 8.48. The predicted molar refractivity (Wildman–Crippen MR) is 79.2 cm³/mol. The zero-order valence-corrected chi connectivity index (χ0v) is 11.6. The van der Waals surface area contributed by atoms with Gasteiger partial charge in [-0.15, -0.1) is 12.3 Å². The van der Waals surface area contributed by atoms with Crippen molar-refractivity contribution in [1.29, 1.82) is 0 Å². The Morgan fingerprint density at radius 2 is 1.90 bits per heavy atom. The summed E-state index contributed by atoms with van der Waals surface area (Å²) in [7, 11) is 0. The maximum absolute atomic E-state index is 12.0. The number of unbranched alkanes of at least 4 members (excludes halogenated alkanes) is 2. The highest BCUT2D eigenvalue weighted by molar-refractivity contribution is 5.96. The summed E-state index contributed by atoms with van der Waals surface area (Å²) in [5.74, 6) is 1.44. The van der Waals surface area contributed by atoms with Crippen LogP contribution in [0.3, 0.4) is 0 Å². The Hall–Kier alpha value is -2.68. The molecule has 3 N–H and O–H groups in total. The molecule has 1 aromatic rings. The molecular weight excluding hydrogens is 272 g/mol. The maximum Gasteiger partial charge on any atom is 0.323 e. The minimum atomic E-state index is -1.12. The molecule has 1 aromatic carbocycles. The smallest absolute Gasteiger partial charge is 0.323 e. The van der Waals surface area contributed by atoms with Gasteiger partial charge in [-0.25, -0.2) is 4.79 Å². The number of nitrogens with one attached hydrogen (secondary N) is 1. The highest BCUT2D eigenvalue weighted by Gasteiger charge is 2.18. The Balaban J connectivity index is 2.64. The lowest BCUT2D eigenvalue weighted by Gasteiger charge is -2.21. The lowest BCUT2D eigenvalue weighted by atomic mass is 10.2. The number of anilines is 1. The summed E-state index contributed by atoms with van der Waals surface area (Å²) < 4.78 is 0. The quantitative estimate of drug-likeness (QED) is 0.527. The zero-order valence-electron chi connectivity index (χ0n) is 11.6. The van der Waals surface area contributed by atoms with Crippen LogP contribution in [0.4, 0.5) is 10.5 Å². The molecule has 6 heteroatoms. The number of carbonyl (C=O) groups is 2. The largest absolute Gasteiger partial charge is 0.508 e. The number of phenolic OH excluding ortho intramolecular Hbond substituents is 1. The van der Waals surface area contributed by atoms with Crippen LogP contribution in [0.1, 0.15) is 19.3 Å². The zero-order chi connectivity index (χ0) is 15.7. The molecule has 1 rings (SSSR count). The summed E-state index contributed by atoms with van der Waals surface area (Å²) in [6, 6.07) is 5.25. The second-order valence-corrected chi connectivity index (χ2v) is 4.39. The number of aromatic hydroxyl groups is 1. The van der Waals surface area contributed by atoms with E-state index in [9.17, 15) is 14.7 Å². The lowest BCUT2D eigenvalue weighted by Crippen LogP contribution is -2.43. The van der Waals surface area contributed by atoms with E-state index in [1.807, 2.05) is 0 Å². The van der Waals surface area contributed by atoms with Gasteiger partial charge in [0.1, 0.15) is 12.3 Å². The number of carbonyl (C=O) groups excluding carboxylic acids is 1. The third kappa shape index (κ3) is 5.87. The summed E-state index contributed by atoms with van der Waals surface area (Å²) in [4.78, 5) is 24.0. The third-order valence-electron chi connectivity index (χ3n) is 2.72. The van der Waals surface area contributed by atoms with Crippen LogP contribution in [0.2, 0.25) is 0 Å². The van der Waals surface area contributed by atoms with E-state index < -0.39 is 18.5 Å². The van der Waals surface area contributed by atoms with Gasteiger partial charge in [-0.2, -0.15) is 0 Å². The Labute approximate surface area is 123 Å². The van der Waals surface area contributed by atoms with Crippen molar-refractivity contribution in [3.63, 3.8) is 0 Å². The fraction of sp³-hybridized carbons (Fsp3) is 0.333. The van der Waals surface area contributed by atoms with Gasteiger partial charge in [0.05, 0.1) is 0 Å². The number of urea groups is 1. The summed E-state index contributed by atoms with van der Waals surface area (Å²) >= 11 is 0. The Morgan fingerprint density at radius 3 is 2.48 bits per heavy atom. The predicted octanol–water partition coefficient (Wildman–Crippen LogP) is 1.80. The summed E-state index contributed by atoms with van der Waals surface area (Å²) in [6.07, 6.45) is 7.31. The standard InChI is InChI=1S/C15H18N2O4/c1-2-3-4-5-10-16-15(21)17(11-14(19)20)12-6-8-13(18)9-7-12/h1,6-9,18H,3-5,10-11H2,(H,16,21)(H,19,20). The highest BCUT2D eigenvalue weighted by atomic mass is 16.4. The molecule has 0 heterocycles. The molecule has 21 heavy (non-hydrogen) atoms. The number of phenols is 1. The topological polar surface area (TPSA) is 89.9 Å². The molecule has 0 spiro atoms. The summed E-state index contributed by atoms with van der Waals surface area (Å²) in [5.41, 5.74) is 0.399. The number of amides is 2. The van der Waals surface area contributed by atoms with Crippen LogP contribution in [-0.4, -0.2) is 35.3 Å². The van der Waals surface area contributed by atoms with Crippen molar-refractivity contribution in [1.82, 2.24) is 5.32 Å². The molecule has 0 aliphatic carbocycles. The van der Waals surface area contributed by atoms with E-state index in [4.69, 9.17) is 11.5 Å². The normalized spacial score (nSPS) is 9.67. The minimum Gasteiger partial charge on any atom is -0.508 e. The molecule has 0 fully saturated rings. The average molecular weight is 290 g/mol. The first-order valence-electron chi connectivity index (χ1n) is 6.54. The van der Waals surface area contributed by atoms with E-state index in [-0.39, 0.29) is 5.75 Å². The molecular formula is C15H18N2O4. The van der Waals surface area contributed by atoms with E-state index in [0.717, 1.165) is 17.7 Å². The summed E-state index contributed by atoms with van der Waals surface area (Å²) in [6.45, 7) is -0.0321. The number of hydrogen-bond donors (Lipinski definition) is 3. The van der Waals surface area contributed by atoms with E-state index in [2.05, 4.69) is 11.2 Å².